The lowest BCUT2D eigenvalue weighted by atomic mass is 10.1. The minimum atomic E-state index is -0.762. The van der Waals surface area contributed by atoms with Gasteiger partial charge in [-0.2, -0.15) is 4.79 Å². The van der Waals surface area contributed by atoms with Gasteiger partial charge in [0.1, 0.15) is 5.75 Å². The number of benzene rings is 1. The summed E-state index contributed by atoms with van der Waals surface area (Å²) in [6.45, 7) is 0. The van der Waals surface area contributed by atoms with E-state index in [1.54, 1.807) is 0 Å². The molecule has 0 spiro atoms. The summed E-state index contributed by atoms with van der Waals surface area (Å²) in [5.74, 6) is -0.795. The summed E-state index contributed by atoms with van der Waals surface area (Å²) in [6, 6.07) is 4.38. The van der Waals surface area contributed by atoms with Crippen LogP contribution in [-0.4, -0.2) is 28.7 Å². The van der Waals surface area contributed by atoms with Gasteiger partial charge in [0.05, 0.1) is 13.5 Å². The number of hydrogen-bond acceptors (Lipinski definition) is 3. The third-order valence-electron chi connectivity index (χ3n) is 1.94. The third kappa shape index (κ3) is 2.82. The number of hydrogen-bond donors (Lipinski definition) is 1. The number of rotatable bonds is 3. The summed E-state index contributed by atoms with van der Waals surface area (Å²) >= 11 is 5.73. The van der Waals surface area contributed by atoms with Crippen molar-refractivity contribution in [2.75, 3.05) is 7.11 Å². The lowest BCUT2D eigenvalue weighted by molar-refractivity contribution is -0.137. The van der Waals surface area contributed by atoms with Crippen molar-refractivity contribution >= 4 is 23.3 Å². The van der Waals surface area contributed by atoms with Crippen LogP contribution in [0, 0.1) is 0 Å². The Labute approximate surface area is 96.8 Å². The van der Waals surface area contributed by atoms with Crippen LogP contribution in [0.1, 0.15) is 5.56 Å². The van der Waals surface area contributed by atoms with Crippen molar-refractivity contribution in [3.8, 4) is 5.75 Å². The number of esters is 1. The second kappa shape index (κ2) is 5.30. The van der Waals surface area contributed by atoms with Crippen LogP contribution in [0.5, 0.6) is 5.75 Å². The van der Waals surface area contributed by atoms with Gasteiger partial charge in [0.2, 0.25) is 0 Å². The van der Waals surface area contributed by atoms with Crippen molar-refractivity contribution in [3.63, 3.8) is 0 Å². The molecular weight excluding hydrogens is 232 g/mol. The third-order valence-corrected chi connectivity index (χ3v) is 2.18. The fraction of sp³-hybridized carbons (Fsp3) is 0.200. The van der Waals surface area contributed by atoms with E-state index >= 15 is 0 Å². The zero-order valence-corrected chi connectivity index (χ0v) is 9.23. The summed E-state index contributed by atoms with van der Waals surface area (Å²) in [7, 11) is 1.17. The minimum Gasteiger partial charge on any atom is -0.508 e. The first-order valence-corrected chi connectivity index (χ1v) is 4.73. The Balaban J connectivity index is 2.99. The van der Waals surface area contributed by atoms with E-state index in [1.807, 2.05) is 0 Å². The van der Waals surface area contributed by atoms with E-state index in [0.717, 1.165) is 0 Å². The molecule has 0 aromatic heterocycles. The van der Waals surface area contributed by atoms with E-state index in [9.17, 15) is 9.90 Å². The van der Waals surface area contributed by atoms with Crippen molar-refractivity contribution in [2.45, 2.75) is 6.42 Å². The smallest absolute Gasteiger partial charge is 0.416 e. The van der Waals surface area contributed by atoms with Crippen molar-refractivity contribution in [1.82, 2.24) is 0 Å². The van der Waals surface area contributed by atoms with Crippen LogP contribution in [0.25, 0.3) is 5.53 Å². The van der Waals surface area contributed by atoms with E-state index < -0.39 is 5.97 Å². The molecule has 0 amide bonds. The summed E-state index contributed by atoms with van der Waals surface area (Å²) in [6.07, 6.45) is -0.0600. The molecule has 1 aromatic rings. The molecule has 0 aliphatic heterocycles. The Morgan fingerprint density at radius 3 is 2.88 bits per heavy atom. The van der Waals surface area contributed by atoms with Gasteiger partial charge in [0.15, 0.2) is 0 Å². The maximum absolute atomic E-state index is 11.1. The van der Waals surface area contributed by atoms with Gasteiger partial charge in [-0.15, -0.1) is 0 Å². The molecule has 16 heavy (non-hydrogen) atoms. The highest BCUT2D eigenvalue weighted by Gasteiger charge is 2.22. The topological polar surface area (TPSA) is 82.9 Å². The summed E-state index contributed by atoms with van der Waals surface area (Å²) < 4.78 is 4.40. The highest BCUT2D eigenvalue weighted by molar-refractivity contribution is 6.34. The van der Waals surface area contributed by atoms with Gasteiger partial charge in [-0.25, -0.2) is 4.79 Å². The molecule has 6 heteroatoms. The van der Waals surface area contributed by atoms with Gasteiger partial charge < -0.3 is 15.4 Å². The first kappa shape index (κ1) is 12.2. The normalized spacial score (nSPS) is 9.38. The Morgan fingerprint density at radius 1 is 1.62 bits per heavy atom. The van der Waals surface area contributed by atoms with E-state index in [0.29, 0.717) is 10.6 Å². The van der Waals surface area contributed by atoms with Gasteiger partial charge in [-0.3, -0.25) is 0 Å². The number of methoxy groups -OCH3 is 1. The zero-order valence-electron chi connectivity index (χ0n) is 8.48. The van der Waals surface area contributed by atoms with E-state index in [4.69, 9.17) is 17.1 Å². The summed E-state index contributed by atoms with van der Waals surface area (Å²) in [5, 5.41) is 9.90. The molecule has 1 rings (SSSR count). The molecule has 0 aliphatic carbocycles. The highest BCUT2D eigenvalue weighted by atomic mass is 35.5. The lowest BCUT2D eigenvalue weighted by Gasteiger charge is -2.01. The molecule has 0 radical (unpaired) electrons. The molecule has 5 nitrogen and oxygen atoms in total. The van der Waals surface area contributed by atoms with Gasteiger partial charge >= 0.3 is 11.7 Å². The molecular formula is C10H9ClN2O3. The first-order chi connectivity index (χ1) is 7.58. The van der Waals surface area contributed by atoms with Crippen molar-refractivity contribution in [3.05, 3.63) is 34.3 Å². The molecule has 0 saturated carbocycles. The lowest BCUT2D eigenvalue weighted by Crippen LogP contribution is -2.19. The molecule has 1 N–H and O–H groups in total. The van der Waals surface area contributed by atoms with Crippen LogP contribution in [0.15, 0.2) is 18.2 Å². The van der Waals surface area contributed by atoms with Crippen LogP contribution in [-0.2, 0) is 16.0 Å². The SMILES string of the molecule is COC(=O)C(Cc1cc(Cl)ccc1O)=[N+]=[N-]. The number of ether oxygens (including phenoxy) is 1. The Morgan fingerprint density at radius 2 is 2.31 bits per heavy atom. The highest BCUT2D eigenvalue weighted by Crippen LogP contribution is 2.22. The second-order valence-electron chi connectivity index (χ2n) is 2.99. The first-order valence-electron chi connectivity index (χ1n) is 4.35. The number of halogens is 1. The summed E-state index contributed by atoms with van der Waals surface area (Å²) in [5.41, 5.74) is 8.79. The number of carbonyl (C=O) groups is 1. The van der Waals surface area contributed by atoms with Crippen LogP contribution >= 0.6 is 11.6 Å². The predicted octanol–water partition coefficient (Wildman–Crippen LogP) is 1.43. The van der Waals surface area contributed by atoms with Crippen molar-refractivity contribution in [2.24, 2.45) is 0 Å². The van der Waals surface area contributed by atoms with Crippen LogP contribution in [0.3, 0.4) is 0 Å². The summed E-state index contributed by atoms with van der Waals surface area (Å²) in [4.78, 5) is 13.9. The molecule has 0 fully saturated rings. The van der Waals surface area contributed by atoms with E-state index in [1.165, 1.54) is 25.3 Å². The van der Waals surface area contributed by atoms with Gasteiger partial charge in [-0.1, -0.05) is 11.6 Å². The predicted molar refractivity (Wildman–Crippen MR) is 57.5 cm³/mol. The number of phenolic OH excluding ortho intramolecular Hbond substituents is 1. The standard InChI is InChI=1S/C10H9ClN2O3/c1-16-10(15)8(13-12)5-6-4-7(11)2-3-9(6)14/h2-4,14H,5H2,1H3. The number of aromatic hydroxyl groups is 1. The number of carbonyl (C=O) groups excluding carboxylic acids is 1. The van der Waals surface area contributed by atoms with Crippen molar-refractivity contribution < 1.29 is 19.4 Å². The average Bonchev–Trinajstić information content (AvgIpc) is 2.29. The van der Waals surface area contributed by atoms with Gasteiger partial charge in [-0.05, 0) is 18.2 Å². The molecule has 0 unspecified atom stereocenters. The molecule has 0 heterocycles. The van der Waals surface area contributed by atoms with E-state index in [2.05, 4.69) is 9.53 Å². The van der Waals surface area contributed by atoms with Crippen molar-refractivity contribution in [1.29, 1.82) is 0 Å². The Hall–Kier alpha value is -1.84. The molecule has 1 aromatic carbocycles. The maximum Gasteiger partial charge on any atom is 0.416 e. The van der Waals surface area contributed by atoms with Gasteiger partial charge in [0.25, 0.3) is 0 Å². The second-order valence-corrected chi connectivity index (χ2v) is 3.42. The van der Waals surface area contributed by atoms with Crippen LogP contribution in [0.4, 0.5) is 0 Å². The number of nitrogens with zero attached hydrogens (tertiary/aromatic N) is 2. The Bertz CT molecular complexity index is 467. The van der Waals surface area contributed by atoms with Crippen LogP contribution in [0.2, 0.25) is 5.02 Å². The molecule has 0 atom stereocenters. The fourth-order valence-electron chi connectivity index (χ4n) is 1.14. The maximum atomic E-state index is 11.1. The number of phenols is 1. The minimum absolute atomic E-state index is 0.0329. The van der Waals surface area contributed by atoms with E-state index in [-0.39, 0.29) is 17.9 Å². The van der Waals surface area contributed by atoms with Gasteiger partial charge in [0, 0.05) is 10.6 Å². The Kier molecular flexibility index (Phi) is 4.05. The quantitative estimate of drug-likeness (QED) is 0.375. The molecule has 0 bridgehead atoms. The largest absolute Gasteiger partial charge is 0.508 e. The van der Waals surface area contributed by atoms with Crippen LogP contribution < -0.4 is 0 Å². The zero-order chi connectivity index (χ0) is 12.1. The molecule has 0 saturated heterocycles. The monoisotopic (exact) mass is 240 g/mol. The fourth-order valence-corrected chi connectivity index (χ4v) is 1.34. The average molecular weight is 241 g/mol. The molecule has 84 valence electrons. The molecule has 0 aliphatic rings.